The first-order valence-corrected chi connectivity index (χ1v) is 10.8. The van der Waals surface area contributed by atoms with Crippen LogP contribution in [-0.4, -0.2) is 40.7 Å². The largest absolute Gasteiger partial charge is 0.379 e. The van der Waals surface area contributed by atoms with Crippen LogP contribution in [0.4, 0.5) is 5.69 Å². The summed E-state index contributed by atoms with van der Waals surface area (Å²) >= 11 is 6.32. The third-order valence-electron chi connectivity index (χ3n) is 7.19. The Labute approximate surface area is 181 Å². The van der Waals surface area contributed by atoms with Crippen LogP contribution in [0.2, 0.25) is 5.02 Å². The molecule has 1 aromatic heterocycles. The molecule has 1 aromatic rings. The molecule has 1 unspecified atom stereocenters. The maximum atomic E-state index is 12.6. The zero-order valence-electron chi connectivity index (χ0n) is 17.7. The van der Waals surface area contributed by atoms with Gasteiger partial charge in [-0.15, -0.1) is 0 Å². The van der Waals surface area contributed by atoms with Crippen molar-refractivity contribution in [3.63, 3.8) is 0 Å². The zero-order valence-corrected chi connectivity index (χ0v) is 18.5. The average Bonchev–Trinajstić information content (AvgIpc) is 2.71. The normalized spacial score (nSPS) is 27.5. The number of nitrogens with one attached hydrogen (secondary N) is 4. The number of halogens is 1. The summed E-state index contributed by atoms with van der Waals surface area (Å²) in [7, 11) is 0. The van der Waals surface area contributed by atoms with Crippen LogP contribution >= 0.6 is 11.6 Å². The number of anilines is 1. The molecule has 4 rings (SSSR count). The first-order chi connectivity index (χ1) is 14.2. The van der Waals surface area contributed by atoms with Gasteiger partial charge in [0, 0.05) is 24.7 Å². The van der Waals surface area contributed by atoms with E-state index in [2.05, 4.69) is 36.5 Å². The van der Waals surface area contributed by atoms with E-state index in [0.29, 0.717) is 35.3 Å². The predicted molar refractivity (Wildman–Crippen MR) is 119 cm³/mol. The maximum Gasteiger partial charge on any atom is 0.288 e. The number of carbonyl (C=O) groups is 1. The van der Waals surface area contributed by atoms with Gasteiger partial charge in [-0.1, -0.05) is 32.4 Å². The first kappa shape index (κ1) is 22.5. The van der Waals surface area contributed by atoms with Gasteiger partial charge >= 0.3 is 0 Å². The third kappa shape index (κ3) is 4.29. The molecule has 4 N–H and O–H groups in total. The second-order valence-corrected chi connectivity index (χ2v) is 9.59. The molecule has 5 atom stereocenters. The van der Waals surface area contributed by atoms with Gasteiger partial charge in [0.2, 0.25) is 5.91 Å². The topological polar surface area (TPSA) is 124 Å². The van der Waals surface area contributed by atoms with Crippen LogP contribution in [-0.2, 0) is 11.3 Å². The molecule has 0 radical (unpaired) electrons. The van der Waals surface area contributed by atoms with E-state index in [1.807, 2.05) is 0 Å². The summed E-state index contributed by atoms with van der Waals surface area (Å²) in [5.41, 5.74) is 0.393. The van der Waals surface area contributed by atoms with Gasteiger partial charge in [0.1, 0.15) is 11.6 Å². The fraction of sp³-hybridized carbons (Fsp3) is 0.667. The zero-order chi connectivity index (χ0) is 22.1. The molecule has 9 heteroatoms. The Morgan fingerprint density at radius 2 is 2.17 bits per heavy atom. The Hall–Kier alpha value is -2.22. The molecular weight excluding hydrogens is 404 g/mol. The minimum Gasteiger partial charge on any atom is -0.379 e. The van der Waals surface area contributed by atoms with E-state index >= 15 is 0 Å². The van der Waals surface area contributed by atoms with Crippen LogP contribution in [0.25, 0.3) is 0 Å². The molecule has 0 aromatic carbocycles. The van der Waals surface area contributed by atoms with E-state index in [4.69, 9.17) is 22.4 Å². The van der Waals surface area contributed by atoms with Crippen LogP contribution in [0.3, 0.4) is 0 Å². The summed E-state index contributed by atoms with van der Waals surface area (Å²) in [5, 5.41) is 24.7. The molecule has 0 spiro atoms. The van der Waals surface area contributed by atoms with E-state index in [9.17, 15) is 9.59 Å². The minimum absolute atomic E-state index is 0.0460. The first-order valence-electron chi connectivity index (χ1n) is 10.5. The Morgan fingerprint density at radius 3 is 2.77 bits per heavy atom. The van der Waals surface area contributed by atoms with E-state index in [0.717, 1.165) is 11.1 Å². The Morgan fingerprint density at radius 1 is 1.43 bits per heavy atom. The van der Waals surface area contributed by atoms with Crippen LogP contribution < -0.4 is 16.2 Å². The van der Waals surface area contributed by atoms with Gasteiger partial charge in [0.05, 0.1) is 11.9 Å². The van der Waals surface area contributed by atoms with Crippen molar-refractivity contribution in [3.05, 3.63) is 21.6 Å². The van der Waals surface area contributed by atoms with Crippen LogP contribution in [0.1, 0.15) is 40.0 Å². The SMILES string of the molecule is C[C@@H]1[C@H]2C[C@@H](C[C@H]1Nc1cnn(CC(=O)NCC(C=N)CC=N)c(=O)c1Cl)C2(C)C. The molecule has 1 amide bonds. The second-order valence-electron chi connectivity index (χ2n) is 9.21. The van der Waals surface area contributed by atoms with Gasteiger partial charge in [-0.05, 0) is 48.6 Å². The third-order valence-corrected chi connectivity index (χ3v) is 7.56. The summed E-state index contributed by atoms with van der Waals surface area (Å²) in [5.74, 6) is 1.21. The van der Waals surface area contributed by atoms with Crippen LogP contribution in [0.5, 0.6) is 0 Å². The quantitative estimate of drug-likeness (QED) is 0.446. The molecule has 0 saturated heterocycles. The lowest BCUT2D eigenvalue weighted by molar-refractivity contribution is -0.122. The van der Waals surface area contributed by atoms with E-state index in [1.54, 1.807) is 0 Å². The van der Waals surface area contributed by atoms with E-state index < -0.39 is 5.56 Å². The van der Waals surface area contributed by atoms with Gasteiger partial charge in [0.15, 0.2) is 0 Å². The van der Waals surface area contributed by atoms with Crippen molar-refractivity contribution >= 4 is 35.6 Å². The molecular formula is C21H31ClN6O2. The molecule has 3 saturated carbocycles. The average molecular weight is 435 g/mol. The van der Waals surface area contributed by atoms with E-state index in [-0.39, 0.29) is 36.0 Å². The molecule has 3 aliphatic carbocycles. The molecule has 30 heavy (non-hydrogen) atoms. The molecule has 3 fully saturated rings. The summed E-state index contributed by atoms with van der Waals surface area (Å²) in [4.78, 5) is 24.7. The fourth-order valence-corrected chi connectivity index (χ4v) is 5.22. The number of rotatable bonds is 9. The lowest BCUT2D eigenvalue weighted by atomic mass is 9.45. The predicted octanol–water partition coefficient (Wildman–Crippen LogP) is 2.80. The van der Waals surface area contributed by atoms with Crippen molar-refractivity contribution in [2.75, 3.05) is 11.9 Å². The van der Waals surface area contributed by atoms with Crippen molar-refractivity contribution in [2.45, 2.75) is 52.6 Å². The van der Waals surface area contributed by atoms with Gasteiger partial charge in [0.25, 0.3) is 5.56 Å². The van der Waals surface area contributed by atoms with Crippen molar-refractivity contribution in [2.24, 2.45) is 29.1 Å². The molecule has 8 nitrogen and oxygen atoms in total. The van der Waals surface area contributed by atoms with Crippen LogP contribution in [0, 0.1) is 39.9 Å². The second kappa shape index (κ2) is 8.88. The number of nitrogens with zero attached hydrogens (tertiary/aromatic N) is 2. The summed E-state index contributed by atoms with van der Waals surface area (Å²) in [6, 6.07) is 0.256. The van der Waals surface area contributed by atoms with Gasteiger partial charge < -0.3 is 21.5 Å². The van der Waals surface area contributed by atoms with Crippen LogP contribution in [0.15, 0.2) is 11.0 Å². The monoisotopic (exact) mass is 434 g/mol. The Kier molecular flexibility index (Phi) is 6.65. The highest BCUT2D eigenvalue weighted by atomic mass is 35.5. The van der Waals surface area contributed by atoms with Crippen molar-refractivity contribution in [3.8, 4) is 0 Å². The molecule has 164 valence electrons. The van der Waals surface area contributed by atoms with Gasteiger partial charge in [-0.2, -0.15) is 5.10 Å². The minimum atomic E-state index is -0.506. The Balaban J connectivity index is 1.62. The molecule has 1 heterocycles. The smallest absolute Gasteiger partial charge is 0.288 e. The maximum absolute atomic E-state index is 12.6. The molecule has 0 aliphatic heterocycles. The fourth-order valence-electron chi connectivity index (χ4n) is 5.02. The van der Waals surface area contributed by atoms with Gasteiger partial charge in [-0.25, -0.2) is 4.68 Å². The molecule has 2 bridgehead atoms. The van der Waals surface area contributed by atoms with Crippen molar-refractivity contribution in [1.82, 2.24) is 15.1 Å². The lowest BCUT2D eigenvalue weighted by Crippen LogP contribution is -2.58. The Bertz CT molecular complexity index is 883. The van der Waals surface area contributed by atoms with Gasteiger partial charge in [-0.3, -0.25) is 9.59 Å². The standard InChI is InChI=1S/C21H31ClN6O2/c1-12-15-6-14(21(15,2)3)7-16(12)27-17-10-26-28(20(30)19(17)22)11-18(29)25-9-13(8-24)4-5-23/h5,8,10,12-16,23-24,27H,4,6-7,9,11H2,1-3H3,(H,25,29)/t12-,13?,14+,15-,16-/m1/s1. The highest BCUT2D eigenvalue weighted by molar-refractivity contribution is 6.32. The number of hydrogen-bond donors (Lipinski definition) is 4. The number of aromatic nitrogens is 2. The number of amides is 1. The number of hydrogen-bond acceptors (Lipinski definition) is 6. The molecule has 3 aliphatic rings. The summed E-state index contributed by atoms with van der Waals surface area (Å²) in [6.45, 7) is 6.93. The van der Waals surface area contributed by atoms with E-state index in [1.165, 1.54) is 25.0 Å². The van der Waals surface area contributed by atoms with Crippen molar-refractivity contribution in [1.29, 1.82) is 10.8 Å². The number of fused-ring (bicyclic) bond motifs is 2. The highest BCUT2D eigenvalue weighted by Gasteiger charge is 2.56. The number of carbonyl (C=O) groups excluding carboxylic acids is 1. The summed E-state index contributed by atoms with van der Waals surface area (Å²) < 4.78 is 1.05. The summed E-state index contributed by atoms with van der Waals surface area (Å²) in [6.07, 6.45) is 6.63. The van der Waals surface area contributed by atoms with Crippen molar-refractivity contribution < 1.29 is 4.79 Å². The lowest BCUT2D eigenvalue weighted by Gasteiger charge is -2.62. The highest BCUT2D eigenvalue weighted by Crippen LogP contribution is 2.61.